The van der Waals surface area contributed by atoms with Gasteiger partial charge in [0.2, 0.25) is 5.95 Å². The molecule has 38 heavy (non-hydrogen) atoms. The van der Waals surface area contributed by atoms with Gasteiger partial charge in [-0.2, -0.15) is 39.5 Å². The molecule has 1 aromatic carbocycles. The van der Waals surface area contributed by atoms with Crippen LogP contribution in [0.3, 0.4) is 0 Å². The largest absolute Gasteiger partial charge is 0.483 e. The fourth-order valence-corrected chi connectivity index (χ4v) is 3.10. The van der Waals surface area contributed by atoms with Crippen molar-refractivity contribution in [2.75, 3.05) is 11.9 Å². The number of aromatic nitrogens is 5. The van der Waals surface area contributed by atoms with Crippen molar-refractivity contribution in [1.29, 1.82) is 0 Å². The maximum Gasteiger partial charge on any atom is 0.433 e. The van der Waals surface area contributed by atoms with E-state index in [1.807, 2.05) is 0 Å². The summed E-state index contributed by atoms with van der Waals surface area (Å²) in [7, 11) is 0. The summed E-state index contributed by atoms with van der Waals surface area (Å²) in [5.74, 6) is -1.26. The van der Waals surface area contributed by atoms with Crippen molar-refractivity contribution in [2.45, 2.75) is 18.5 Å². The van der Waals surface area contributed by atoms with Gasteiger partial charge in [-0.25, -0.2) is 19.9 Å². The van der Waals surface area contributed by atoms with Crippen molar-refractivity contribution in [3.8, 4) is 23.0 Å². The summed E-state index contributed by atoms with van der Waals surface area (Å²) < 4.78 is 124. The van der Waals surface area contributed by atoms with E-state index in [2.05, 4.69) is 30.0 Å². The average molecular weight is 548 g/mol. The average Bonchev–Trinajstić information content (AvgIpc) is 3.30. The summed E-state index contributed by atoms with van der Waals surface area (Å²) in [5, 5.41) is 2.80. The van der Waals surface area contributed by atoms with E-state index < -0.39 is 53.8 Å². The van der Waals surface area contributed by atoms with Crippen LogP contribution < -0.4 is 10.1 Å². The minimum Gasteiger partial charge on any atom is -0.483 e. The molecule has 3 heterocycles. The zero-order valence-electron chi connectivity index (χ0n) is 18.5. The van der Waals surface area contributed by atoms with Gasteiger partial charge in [0.05, 0.1) is 17.5 Å². The molecule has 16 heteroatoms. The highest BCUT2D eigenvalue weighted by molar-refractivity contribution is 5.64. The lowest BCUT2D eigenvalue weighted by Crippen LogP contribution is -2.21. The van der Waals surface area contributed by atoms with Gasteiger partial charge in [-0.1, -0.05) is 12.1 Å². The summed E-state index contributed by atoms with van der Waals surface area (Å²) in [6.45, 7) is -2.05. The SMILES string of the molecule is FC(F)(F)COc1cc(-c2cc(C(F)(F)F)nc(-n3cnc(Nc4ccccn4)c3)n2)ccc1C(F)(F)F. The van der Waals surface area contributed by atoms with Gasteiger partial charge in [0.25, 0.3) is 0 Å². The summed E-state index contributed by atoms with van der Waals surface area (Å²) in [4.78, 5) is 15.4. The van der Waals surface area contributed by atoms with E-state index in [-0.39, 0.29) is 11.4 Å². The fourth-order valence-electron chi connectivity index (χ4n) is 3.10. The second-order valence-corrected chi connectivity index (χ2v) is 7.55. The Balaban J connectivity index is 1.76. The molecule has 0 atom stereocenters. The highest BCUT2D eigenvalue weighted by atomic mass is 19.4. The molecule has 0 spiro atoms. The third-order valence-electron chi connectivity index (χ3n) is 4.71. The molecule has 200 valence electrons. The molecule has 0 saturated carbocycles. The number of hydrogen-bond acceptors (Lipinski definition) is 6. The molecular formula is C22H13F9N6O. The zero-order chi connectivity index (χ0) is 27.7. The fraction of sp³-hybridized carbons (Fsp3) is 0.182. The number of nitrogens with zero attached hydrogens (tertiary/aromatic N) is 5. The minimum atomic E-state index is -5.10. The van der Waals surface area contributed by atoms with Gasteiger partial charge in [0, 0.05) is 11.8 Å². The Kier molecular flexibility index (Phi) is 6.90. The standard InChI is InChI=1S/C22H13F9N6O/c23-20(24,25)10-38-15-7-12(4-5-13(15)21(26,27)28)14-8-16(22(29,30)31)35-19(34-14)37-9-18(33-11-37)36-17-3-1-2-6-32-17/h1-9,11H,10H2,(H,32,36). The number of alkyl halides is 9. The van der Waals surface area contributed by atoms with Crippen LogP contribution in [0, 0.1) is 0 Å². The molecular weight excluding hydrogens is 535 g/mol. The van der Waals surface area contributed by atoms with Crippen LogP contribution in [0.5, 0.6) is 5.75 Å². The lowest BCUT2D eigenvalue weighted by molar-refractivity contribution is -0.158. The number of anilines is 2. The lowest BCUT2D eigenvalue weighted by Gasteiger charge is -2.17. The van der Waals surface area contributed by atoms with Crippen LogP contribution in [0.1, 0.15) is 11.3 Å². The maximum atomic E-state index is 13.6. The first-order chi connectivity index (χ1) is 17.7. The highest BCUT2D eigenvalue weighted by Crippen LogP contribution is 2.39. The van der Waals surface area contributed by atoms with Crippen molar-refractivity contribution in [3.63, 3.8) is 0 Å². The van der Waals surface area contributed by atoms with Crippen LogP contribution in [0.2, 0.25) is 0 Å². The van der Waals surface area contributed by atoms with Crippen LogP contribution in [0.4, 0.5) is 51.1 Å². The second kappa shape index (κ2) is 9.83. The maximum absolute atomic E-state index is 13.6. The Morgan fingerprint density at radius 3 is 2.21 bits per heavy atom. The van der Waals surface area contributed by atoms with Crippen LogP contribution >= 0.6 is 0 Å². The predicted molar refractivity (Wildman–Crippen MR) is 114 cm³/mol. The predicted octanol–water partition coefficient (Wildman–Crippen LogP) is 6.45. The van der Waals surface area contributed by atoms with E-state index in [1.165, 1.54) is 12.4 Å². The van der Waals surface area contributed by atoms with Crippen LogP contribution in [-0.4, -0.2) is 37.3 Å². The zero-order valence-corrected chi connectivity index (χ0v) is 18.5. The first-order valence-corrected chi connectivity index (χ1v) is 10.3. The number of halogens is 9. The first-order valence-electron chi connectivity index (χ1n) is 10.3. The highest BCUT2D eigenvalue weighted by Gasteiger charge is 2.37. The molecule has 0 saturated heterocycles. The van der Waals surface area contributed by atoms with E-state index in [0.29, 0.717) is 24.0 Å². The number of ether oxygens (including phenoxy) is 1. The van der Waals surface area contributed by atoms with E-state index in [1.54, 1.807) is 18.2 Å². The summed E-state index contributed by atoms with van der Waals surface area (Å²) in [5.41, 5.74) is -3.91. The normalized spacial score (nSPS) is 12.4. The van der Waals surface area contributed by atoms with E-state index in [4.69, 9.17) is 0 Å². The third kappa shape index (κ3) is 6.49. The van der Waals surface area contributed by atoms with E-state index in [9.17, 15) is 39.5 Å². The van der Waals surface area contributed by atoms with Gasteiger partial charge in [-0.15, -0.1) is 0 Å². The molecule has 0 aliphatic heterocycles. The summed E-state index contributed by atoms with van der Waals surface area (Å²) >= 11 is 0. The Hall–Kier alpha value is -4.37. The molecule has 1 N–H and O–H groups in total. The summed E-state index contributed by atoms with van der Waals surface area (Å²) in [6, 6.07) is 7.06. The molecule has 0 radical (unpaired) electrons. The molecule has 0 fully saturated rings. The quantitative estimate of drug-likeness (QED) is 0.279. The smallest absolute Gasteiger partial charge is 0.433 e. The monoisotopic (exact) mass is 548 g/mol. The molecule has 0 aliphatic rings. The molecule has 3 aromatic heterocycles. The number of pyridine rings is 1. The van der Waals surface area contributed by atoms with E-state index >= 15 is 0 Å². The van der Waals surface area contributed by atoms with Crippen molar-refractivity contribution < 1.29 is 44.3 Å². The van der Waals surface area contributed by atoms with Gasteiger partial charge >= 0.3 is 18.5 Å². The van der Waals surface area contributed by atoms with Gasteiger partial charge in [0.15, 0.2) is 12.3 Å². The van der Waals surface area contributed by atoms with Gasteiger partial charge in [-0.05, 0) is 30.3 Å². The van der Waals surface area contributed by atoms with Crippen molar-refractivity contribution in [2.24, 2.45) is 0 Å². The molecule has 4 rings (SSSR count). The lowest BCUT2D eigenvalue weighted by atomic mass is 10.1. The number of imidazole rings is 1. The van der Waals surface area contributed by atoms with Crippen LogP contribution in [0.25, 0.3) is 17.2 Å². The van der Waals surface area contributed by atoms with Crippen LogP contribution in [-0.2, 0) is 12.4 Å². The number of benzene rings is 1. The molecule has 7 nitrogen and oxygen atoms in total. The minimum absolute atomic E-state index is 0.156. The van der Waals surface area contributed by atoms with Gasteiger partial charge in [-0.3, -0.25) is 4.57 Å². The summed E-state index contributed by atoms with van der Waals surface area (Å²) in [6.07, 6.45) is -11.3. The number of rotatable bonds is 6. The Morgan fingerprint density at radius 1 is 0.816 bits per heavy atom. The third-order valence-corrected chi connectivity index (χ3v) is 4.71. The Labute approximate surface area is 207 Å². The Morgan fingerprint density at radius 2 is 1.58 bits per heavy atom. The number of nitrogens with one attached hydrogen (secondary N) is 1. The molecule has 4 aromatic rings. The van der Waals surface area contributed by atoms with Gasteiger partial charge in [0.1, 0.15) is 23.7 Å². The molecule has 0 amide bonds. The topological polar surface area (TPSA) is 77.8 Å². The van der Waals surface area contributed by atoms with Crippen LogP contribution in [0.15, 0.2) is 61.2 Å². The molecule has 0 unspecified atom stereocenters. The Bertz CT molecular complexity index is 1420. The number of hydrogen-bond donors (Lipinski definition) is 1. The second-order valence-electron chi connectivity index (χ2n) is 7.55. The first kappa shape index (κ1) is 26.7. The molecule has 0 bridgehead atoms. The van der Waals surface area contributed by atoms with Crippen molar-refractivity contribution in [3.05, 3.63) is 72.4 Å². The van der Waals surface area contributed by atoms with E-state index in [0.717, 1.165) is 17.0 Å². The van der Waals surface area contributed by atoms with Crippen molar-refractivity contribution in [1.82, 2.24) is 24.5 Å². The van der Waals surface area contributed by atoms with Gasteiger partial charge < -0.3 is 10.1 Å². The molecule has 0 aliphatic carbocycles. The van der Waals surface area contributed by atoms with Crippen molar-refractivity contribution >= 4 is 11.6 Å².